The van der Waals surface area contributed by atoms with E-state index in [1.54, 1.807) is 0 Å². The molecule has 3 heteroatoms. The molecule has 3 aliphatic rings. The normalized spacial score (nSPS) is 31.8. The van der Waals surface area contributed by atoms with Crippen LogP contribution in [0.2, 0.25) is 0 Å². The third kappa shape index (κ3) is 3.71. The van der Waals surface area contributed by atoms with Gasteiger partial charge in [0.25, 0.3) is 0 Å². The van der Waals surface area contributed by atoms with Crippen LogP contribution < -0.4 is 5.32 Å². The van der Waals surface area contributed by atoms with E-state index in [4.69, 9.17) is 0 Å². The summed E-state index contributed by atoms with van der Waals surface area (Å²) in [7, 11) is 0. The molecule has 0 aromatic heterocycles. The van der Waals surface area contributed by atoms with Crippen LogP contribution in [0.5, 0.6) is 0 Å². The van der Waals surface area contributed by atoms with Gasteiger partial charge in [0.15, 0.2) is 0 Å². The monoisotopic (exact) mass is 264 g/mol. The fourth-order valence-corrected chi connectivity index (χ4v) is 3.45. The van der Waals surface area contributed by atoms with Gasteiger partial charge in [0.05, 0.1) is 0 Å². The summed E-state index contributed by atoms with van der Waals surface area (Å²) in [6, 6.07) is 1.30. The number of hydrogen-bond donors (Lipinski definition) is 1. The van der Waals surface area contributed by atoms with Gasteiger partial charge in [0, 0.05) is 31.1 Å². The zero-order chi connectivity index (χ0) is 13.4. The van der Waals surface area contributed by atoms with Gasteiger partial charge < -0.3 is 10.2 Å². The molecule has 19 heavy (non-hydrogen) atoms. The Hall–Kier alpha value is -0.570. The van der Waals surface area contributed by atoms with Crippen molar-refractivity contribution in [2.45, 2.75) is 64.5 Å². The molecule has 0 aromatic rings. The predicted molar refractivity (Wildman–Crippen MR) is 76.8 cm³/mol. The van der Waals surface area contributed by atoms with Gasteiger partial charge in [0.2, 0.25) is 5.91 Å². The van der Waals surface area contributed by atoms with Gasteiger partial charge in [-0.3, -0.25) is 4.79 Å². The summed E-state index contributed by atoms with van der Waals surface area (Å²) in [5.41, 5.74) is 0. The molecule has 0 radical (unpaired) electrons. The maximum Gasteiger partial charge on any atom is 0.225 e. The third-order valence-electron chi connectivity index (χ3n) is 4.76. The van der Waals surface area contributed by atoms with E-state index in [0.29, 0.717) is 11.9 Å². The quantitative estimate of drug-likeness (QED) is 0.827. The van der Waals surface area contributed by atoms with Gasteiger partial charge in [-0.25, -0.2) is 0 Å². The average Bonchev–Trinajstić information content (AvgIpc) is 3.24. The first-order chi connectivity index (χ1) is 9.11. The van der Waals surface area contributed by atoms with Crippen molar-refractivity contribution in [1.82, 2.24) is 10.2 Å². The lowest BCUT2D eigenvalue weighted by Gasteiger charge is -2.39. The Labute approximate surface area is 117 Å². The largest absolute Gasteiger partial charge is 0.341 e. The second kappa shape index (κ2) is 5.43. The molecule has 2 atom stereocenters. The molecule has 1 N–H and O–H groups in total. The Morgan fingerprint density at radius 2 is 1.84 bits per heavy atom. The van der Waals surface area contributed by atoms with Gasteiger partial charge in [-0.2, -0.15) is 0 Å². The maximum atomic E-state index is 12.3. The zero-order valence-corrected chi connectivity index (χ0v) is 12.4. The SMILES string of the molecule is CC(C)C(=O)N1CC(CC2CC2)CC(NC2CC2)C1. The number of carbonyl (C=O) groups is 1. The smallest absolute Gasteiger partial charge is 0.225 e. The molecule has 2 unspecified atom stereocenters. The average molecular weight is 264 g/mol. The Morgan fingerprint density at radius 1 is 1.11 bits per heavy atom. The number of likely N-dealkylation sites (tertiary alicyclic amines) is 1. The number of carbonyl (C=O) groups excluding carboxylic acids is 1. The maximum absolute atomic E-state index is 12.3. The van der Waals surface area contributed by atoms with Crippen LogP contribution in [0.1, 0.15) is 52.4 Å². The molecular weight excluding hydrogens is 236 g/mol. The summed E-state index contributed by atoms with van der Waals surface area (Å²) in [6.45, 7) is 6.00. The van der Waals surface area contributed by atoms with Crippen LogP contribution in [0.4, 0.5) is 0 Å². The molecule has 1 aliphatic heterocycles. The molecule has 2 aliphatic carbocycles. The van der Waals surface area contributed by atoms with Crippen LogP contribution in [-0.2, 0) is 4.79 Å². The van der Waals surface area contributed by atoms with Crippen LogP contribution >= 0.6 is 0 Å². The second-order valence-electron chi connectivity index (χ2n) is 7.32. The molecule has 3 fully saturated rings. The van der Waals surface area contributed by atoms with Crippen molar-refractivity contribution in [3.63, 3.8) is 0 Å². The Kier molecular flexibility index (Phi) is 3.84. The van der Waals surface area contributed by atoms with Crippen molar-refractivity contribution < 1.29 is 4.79 Å². The third-order valence-corrected chi connectivity index (χ3v) is 4.76. The first-order valence-corrected chi connectivity index (χ1v) is 8.16. The van der Waals surface area contributed by atoms with E-state index in [1.165, 1.54) is 38.5 Å². The fourth-order valence-electron chi connectivity index (χ4n) is 3.45. The highest BCUT2D eigenvalue weighted by molar-refractivity contribution is 5.78. The topological polar surface area (TPSA) is 32.3 Å². The molecule has 0 aromatic carbocycles. The van der Waals surface area contributed by atoms with E-state index in [1.807, 2.05) is 13.8 Å². The highest BCUT2D eigenvalue weighted by Gasteiger charge is 2.36. The number of hydrogen-bond acceptors (Lipinski definition) is 2. The van der Waals surface area contributed by atoms with Gasteiger partial charge in [-0.1, -0.05) is 26.7 Å². The van der Waals surface area contributed by atoms with E-state index in [-0.39, 0.29) is 5.92 Å². The van der Waals surface area contributed by atoms with Crippen molar-refractivity contribution >= 4 is 5.91 Å². The Morgan fingerprint density at radius 3 is 2.42 bits per heavy atom. The lowest BCUT2D eigenvalue weighted by Crippen LogP contribution is -2.52. The number of rotatable bonds is 5. The van der Waals surface area contributed by atoms with E-state index >= 15 is 0 Å². The van der Waals surface area contributed by atoms with Gasteiger partial charge in [-0.15, -0.1) is 0 Å². The summed E-state index contributed by atoms with van der Waals surface area (Å²) < 4.78 is 0. The fraction of sp³-hybridized carbons (Fsp3) is 0.938. The molecule has 2 saturated carbocycles. The van der Waals surface area contributed by atoms with Gasteiger partial charge >= 0.3 is 0 Å². The van der Waals surface area contributed by atoms with Crippen molar-refractivity contribution in [3.05, 3.63) is 0 Å². The van der Waals surface area contributed by atoms with E-state index in [2.05, 4.69) is 10.2 Å². The number of amides is 1. The molecule has 108 valence electrons. The lowest BCUT2D eigenvalue weighted by atomic mass is 9.89. The predicted octanol–water partition coefficient (Wildman–Crippen LogP) is 2.41. The summed E-state index contributed by atoms with van der Waals surface area (Å²) >= 11 is 0. The Bertz CT molecular complexity index is 312. The van der Waals surface area contributed by atoms with Crippen molar-refractivity contribution in [2.75, 3.05) is 13.1 Å². The molecule has 3 nitrogen and oxygen atoms in total. The first kappa shape index (κ1) is 13.4. The standard InChI is InChI=1S/C16H28N2O/c1-11(2)16(19)18-9-13(7-12-3-4-12)8-15(10-18)17-14-5-6-14/h11-15,17H,3-10H2,1-2H3. The van der Waals surface area contributed by atoms with E-state index < -0.39 is 0 Å². The summed E-state index contributed by atoms with van der Waals surface area (Å²) in [5, 5.41) is 3.75. The van der Waals surface area contributed by atoms with Crippen molar-refractivity contribution in [3.8, 4) is 0 Å². The van der Waals surface area contributed by atoms with Gasteiger partial charge in [0.1, 0.15) is 0 Å². The van der Waals surface area contributed by atoms with E-state index in [9.17, 15) is 4.79 Å². The van der Waals surface area contributed by atoms with Crippen LogP contribution in [0.3, 0.4) is 0 Å². The van der Waals surface area contributed by atoms with Crippen LogP contribution in [-0.4, -0.2) is 36.0 Å². The first-order valence-electron chi connectivity index (χ1n) is 8.16. The number of nitrogens with one attached hydrogen (secondary N) is 1. The highest BCUT2D eigenvalue weighted by atomic mass is 16.2. The molecule has 1 heterocycles. The van der Waals surface area contributed by atoms with Crippen molar-refractivity contribution in [1.29, 1.82) is 0 Å². The Balaban J connectivity index is 1.59. The number of nitrogens with zero attached hydrogens (tertiary/aromatic N) is 1. The van der Waals surface area contributed by atoms with Crippen LogP contribution in [0.15, 0.2) is 0 Å². The highest BCUT2D eigenvalue weighted by Crippen LogP contribution is 2.38. The van der Waals surface area contributed by atoms with Crippen LogP contribution in [0, 0.1) is 17.8 Å². The minimum absolute atomic E-state index is 0.140. The minimum atomic E-state index is 0.140. The molecule has 0 bridgehead atoms. The zero-order valence-electron chi connectivity index (χ0n) is 12.4. The molecule has 0 spiro atoms. The van der Waals surface area contributed by atoms with Crippen LogP contribution in [0.25, 0.3) is 0 Å². The minimum Gasteiger partial charge on any atom is -0.341 e. The van der Waals surface area contributed by atoms with Gasteiger partial charge in [-0.05, 0) is 37.5 Å². The summed E-state index contributed by atoms with van der Waals surface area (Å²) in [5.74, 6) is 2.20. The van der Waals surface area contributed by atoms with E-state index in [0.717, 1.165) is 31.0 Å². The molecule has 3 rings (SSSR count). The number of piperidine rings is 1. The molecule has 1 amide bonds. The van der Waals surface area contributed by atoms with Crippen molar-refractivity contribution in [2.24, 2.45) is 17.8 Å². The molecular formula is C16H28N2O. The second-order valence-corrected chi connectivity index (χ2v) is 7.32. The summed E-state index contributed by atoms with van der Waals surface area (Å²) in [4.78, 5) is 14.4. The lowest BCUT2D eigenvalue weighted by molar-refractivity contribution is -0.137. The summed E-state index contributed by atoms with van der Waals surface area (Å²) in [6.07, 6.45) is 8.16. The molecule has 1 saturated heterocycles.